The van der Waals surface area contributed by atoms with E-state index in [1.165, 1.54) is 29.8 Å². The van der Waals surface area contributed by atoms with Gasteiger partial charge in [0, 0.05) is 5.56 Å². The summed E-state index contributed by atoms with van der Waals surface area (Å²) in [4.78, 5) is 36.7. The highest BCUT2D eigenvalue weighted by molar-refractivity contribution is 5.95. The van der Waals surface area contributed by atoms with Gasteiger partial charge in [0.25, 0.3) is 11.8 Å². The molecule has 3 N–H and O–H groups in total. The zero-order valence-electron chi connectivity index (χ0n) is 21.4. The summed E-state index contributed by atoms with van der Waals surface area (Å²) in [5.74, 6) is -0.824. The lowest BCUT2D eigenvalue weighted by molar-refractivity contribution is -0.131. The van der Waals surface area contributed by atoms with E-state index >= 15 is 0 Å². The number of carbonyl (C=O) groups is 3. The number of hydrogen-bond acceptors (Lipinski definition) is 6. The third kappa shape index (κ3) is 6.67. The molecule has 0 saturated heterocycles. The van der Waals surface area contributed by atoms with Gasteiger partial charge in [0.05, 0.1) is 11.8 Å². The van der Waals surface area contributed by atoms with Crippen molar-refractivity contribution >= 4 is 24.0 Å². The summed E-state index contributed by atoms with van der Waals surface area (Å²) in [6.07, 6.45) is 5.75. The molecule has 1 heterocycles. The zero-order valence-corrected chi connectivity index (χ0v) is 21.4. The number of carboxylic acid groups (broad SMARTS) is 1. The second-order valence-electron chi connectivity index (χ2n) is 9.50. The highest BCUT2D eigenvalue weighted by Crippen LogP contribution is 2.26. The van der Waals surface area contributed by atoms with Gasteiger partial charge in [0.2, 0.25) is 0 Å². The van der Waals surface area contributed by atoms with Crippen molar-refractivity contribution in [3.63, 3.8) is 0 Å². The van der Waals surface area contributed by atoms with Crippen molar-refractivity contribution in [2.75, 3.05) is 6.61 Å². The summed E-state index contributed by atoms with van der Waals surface area (Å²) < 4.78 is 11.3. The number of rotatable bonds is 10. The fourth-order valence-electron chi connectivity index (χ4n) is 4.38. The Morgan fingerprint density at radius 1 is 1.05 bits per heavy atom. The van der Waals surface area contributed by atoms with Gasteiger partial charge in [-0.1, -0.05) is 38.1 Å². The van der Waals surface area contributed by atoms with Crippen LogP contribution in [0.25, 0.3) is 11.3 Å². The number of hydrogen-bond donors (Lipinski definition) is 3. The van der Waals surface area contributed by atoms with Crippen LogP contribution in [0.4, 0.5) is 0 Å². The smallest absolute Gasteiger partial charge is 0.336 e. The quantitative estimate of drug-likeness (QED) is 0.273. The van der Waals surface area contributed by atoms with Crippen LogP contribution >= 0.6 is 0 Å². The maximum atomic E-state index is 12.7. The molecule has 3 aromatic rings. The SMILES string of the molecule is CC(C)[C@H](NC(=O)COc1ccc2c(c1)CCCC2)C(=O)N/N=C\c1ccc(-c2ccccc2C(=O)O)o1. The molecule has 9 nitrogen and oxygen atoms in total. The number of nitrogens with one attached hydrogen (secondary N) is 2. The molecule has 38 heavy (non-hydrogen) atoms. The van der Waals surface area contributed by atoms with Crippen molar-refractivity contribution in [3.8, 4) is 17.1 Å². The lowest BCUT2D eigenvalue weighted by atomic mass is 9.92. The molecule has 0 spiro atoms. The van der Waals surface area contributed by atoms with E-state index in [4.69, 9.17) is 9.15 Å². The van der Waals surface area contributed by atoms with Crippen LogP contribution in [0, 0.1) is 5.92 Å². The van der Waals surface area contributed by atoms with E-state index in [2.05, 4.69) is 21.9 Å². The molecule has 1 aromatic heterocycles. The molecule has 0 radical (unpaired) electrons. The Labute approximate surface area is 220 Å². The first-order valence-electron chi connectivity index (χ1n) is 12.6. The van der Waals surface area contributed by atoms with E-state index in [0.29, 0.717) is 22.8 Å². The molecule has 2 amide bonds. The van der Waals surface area contributed by atoms with Crippen molar-refractivity contribution in [1.82, 2.24) is 10.7 Å². The number of aromatic carboxylic acids is 1. The van der Waals surface area contributed by atoms with Crippen LogP contribution in [0.5, 0.6) is 5.75 Å². The molecule has 9 heteroatoms. The van der Waals surface area contributed by atoms with Gasteiger partial charge in [-0.05, 0) is 73.1 Å². The van der Waals surface area contributed by atoms with Gasteiger partial charge in [-0.2, -0.15) is 5.10 Å². The number of aryl methyl sites for hydroxylation is 2. The summed E-state index contributed by atoms with van der Waals surface area (Å²) in [6, 6.07) is 14.8. The number of ether oxygens (including phenoxy) is 1. The molecular weight excluding hydrogens is 486 g/mol. The average molecular weight is 518 g/mol. The number of furan rings is 1. The van der Waals surface area contributed by atoms with Crippen molar-refractivity contribution in [1.29, 1.82) is 0 Å². The van der Waals surface area contributed by atoms with Crippen molar-refractivity contribution in [3.05, 3.63) is 77.0 Å². The highest BCUT2D eigenvalue weighted by Gasteiger charge is 2.24. The number of nitrogens with zero attached hydrogens (tertiary/aromatic N) is 1. The van der Waals surface area contributed by atoms with E-state index in [9.17, 15) is 19.5 Å². The minimum atomic E-state index is -1.06. The summed E-state index contributed by atoms with van der Waals surface area (Å²) in [5, 5.41) is 16.0. The lowest BCUT2D eigenvalue weighted by Crippen LogP contribution is -2.49. The summed E-state index contributed by atoms with van der Waals surface area (Å²) in [5.41, 5.74) is 5.57. The van der Waals surface area contributed by atoms with Crippen molar-refractivity contribution < 1.29 is 28.6 Å². The molecule has 198 valence electrons. The van der Waals surface area contributed by atoms with E-state index < -0.39 is 23.8 Å². The predicted octanol–water partition coefficient (Wildman–Crippen LogP) is 4.19. The predicted molar refractivity (Wildman–Crippen MR) is 142 cm³/mol. The minimum Gasteiger partial charge on any atom is -0.484 e. The van der Waals surface area contributed by atoms with Crippen LogP contribution in [-0.2, 0) is 22.4 Å². The molecule has 1 aliphatic rings. The van der Waals surface area contributed by atoms with Gasteiger partial charge >= 0.3 is 5.97 Å². The van der Waals surface area contributed by atoms with Crippen LogP contribution in [0.3, 0.4) is 0 Å². The van der Waals surface area contributed by atoms with Gasteiger partial charge in [-0.25, -0.2) is 10.2 Å². The summed E-state index contributed by atoms with van der Waals surface area (Å²) in [7, 11) is 0. The van der Waals surface area contributed by atoms with Crippen LogP contribution < -0.4 is 15.5 Å². The summed E-state index contributed by atoms with van der Waals surface area (Å²) >= 11 is 0. The maximum Gasteiger partial charge on any atom is 0.336 e. The third-order valence-electron chi connectivity index (χ3n) is 6.37. The standard InChI is InChI=1S/C29H31N3O6/c1-18(2)27(31-26(33)17-37-21-12-11-19-7-3-4-8-20(19)15-21)28(34)32-30-16-22-13-14-25(38-22)23-9-5-6-10-24(23)29(35)36/h5-6,9-16,18,27H,3-4,7-8,17H2,1-2H3,(H,31,33)(H,32,34)(H,35,36)/b30-16-/t27-/m0/s1. The normalized spacial score (nSPS) is 13.7. The van der Waals surface area contributed by atoms with Crippen LogP contribution in [-0.4, -0.2) is 41.8 Å². The number of carbonyl (C=O) groups excluding carboxylic acids is 2. The summed E-state index contributed by atoms with van der Waals surface area (Å²) in [6.45, 7) is 3.43. The molecule has 4 rings (SSSR count). The van der Waals surface area contributed by atoms with Crippen LogP contribution in [0.1, 0.15) is 53.9 Å². The Kier molecular flexibility index (Phi) is 8.58. The van der Waals surface area contributed by atoms with Gasteiger partial charge in [0.15, 0.2) is 6.61 Å². The molecular formula is C29H31N3O6. The first-order valence-corrected chi connectivity index (χ1v) is 12.6. The van der Waals surface area contributed by atoms with Gasteiger partial charge in [0.1, 0.15) is 23.3 Å². The first kappa shape index (κ1) is 26.7. The molecule has 0 unspecified atom stereocenters. The van der Waals surface area contributed by atoms with Crippen LogP contribution in [0.2, 0.25) is 0 Å². The molecule has 1 atom stereocenters. The molecule has 0 saturated carbocycles. The molecule has 0 aliphatic heterocycles. The fourth-order valence-corrected chi connectivity index (χ4v) is 4.38. The average Bonchev–Trinajstić information content (AvgIpc) is 3.39. The molecule has 0 bridgehead atoms. The Balaban J connectivity index is 1.31. The largest absolute Gasteiger partial charge is 0.484 e. The topological polar surface area (TPSA) is 130 Å². The second-order valence-corrected chi connectivity index (χ2v) is 9.50. The molecule has 1 aliphatic carbocycles. The Morgan fingerprint density at radius 3 is 2.58 bits per heavy atom. The maximum absolute atomic E-state index is 12.7. The van der Waals surface area contributed by atoms with Gasteiger partial charge in [-0.15, -0.1) is 0 Å². The van der Waals surface area contributed by atoms with E-state index in [0.717, 1.165) is 19.3 Å². The number of fused-ring (bicyclic) bond motifs is 1. The second kappa shape index (κ2) is 12.2. The third-order valence-corrected chi connectivity index (χ3v) is 6.37. The number of benzene rings is 2. The number of carboxylic acids is 1. The monoisotopic (exact) mass is 517 g/mol. The van der Waals surface area contributed by atoms with E-state index in [1.54, 1.807) is 30.3 Å². The van der Waals surface area contributed by atoms with Crippen LogP contribution in [0.15, 0.2) is 64.1 Å². The first-order chi connectivity index (χ1) is 18.3. The Hall–Kier alpha value is -4.40. The Bertz CT molecular complexity index is 1340. The lowest BCUT2D eigenvalue weighted by Gasteiger charge is -2.21. The number of hydrazone groups is 1. The fraction of sp³-hybridized carbons (Fsp3) is 0.310. The Morgan fingerprint density at radius 2 is 1.82 bits per heavy atom. The van der Waals surface area contributed by atoms with Gasteiger partial charge < -0.3 is 19.6 Å². The van der Waals surface area contributed by atoms with Gasteiger partial charge in [-0.3, -0.25) is 9.59 Å². The van der Waals surface area contributed by atoms with E-state index in [1.807, 2.05) is 26.0 Å². The van der Waals surface area contributed by atoms with Crippen molar-refractivity contribution in [2.45, 2.75) is 45.6 Å². The molecule has 0 fully saturated rings. The van der Waals surface area contributed by atoms with E-state index in [-0.39, 0.29) is 18.1 Å². The highest BCUT2D eigenvalue weighted by atomic mass is 16.5. The zero-order chi connectivity index (χ0) is 27.1. The van der Waals surface area contributed by atoms with Crippen molar-refractivity contribution in [2.24, 2.45) is 11.0 Å². The minimum absolute atomic E-state index is 0.116. The molecule has 2 aromatic carbocycles. The number of amides is 2.